The summed E-state index contributed by atoms with van der Waals surface area (Å²) < 4.78 is 18.7. The van der Waals surface area contributed by atoms with Crippen molar-refractivity contribution < 1.29 is 13.9 Å². The van der Waals surface area contributed by atoms with Crippen LogP contribution in [-0.2, 0) is 4.74 Å². The molecule has 32 heavy (non-hydrogen) atoms. The van der Waals surface area contributed by atoms with E-state index in [1.165, 1.54) is 19.2 Å². The monoisotopic (exact) mass is 452 g/mol. The summed E-state index contributed by atoms with van der Waals surface area (Å²) in [4.78, 5) is 14.1. The topological polar surface area (TPSA) is 41.6 Å². The van der Waals surface area contributed by atoms with E-state index in [9.17, 15) is 9.18 Å². The van der Waals surface area contributed by atoms with E-state index < -0.39 is 11.8 Å². The summed E-state index contributed by atoms with van der Waals surface area (Å²) in [5.74, 6) is -1.36. The Morgan fingerprint density at radius 3 is 2.53 bits per heavy atom. The van der Waals surface area contributed by atoms with Gasteiger partial charge in [-0.2, -0.15) is 0 Å². The van der Waals surface area contributed by atoms with E-state index in [0.29, 0.717) is 22.7 Å². The fourth-order valence-electron chi connectivity index (χ4n) is 3.54. The van der Waals surface area contributed by atoms with Gasteiger partial charge in [-0.3, -0.25) is 0 Å². The first kappa shape index (κ1) is 23.5. The molecule has 0 amide bonds. The second kappa shape index (κ2) is 10.9. The fraction of sp³-hybridized carbons (Fsp3) is 0.192. The van der Waals surface area contributed by atoms with E-state index in [2.05, 4.69) is 21.5 Å². The summed E-state index contributed by atoms with van der Waals surface area (Å²) in [6.45, 7) is 4.57. The maximum Gasteiger partial charge on any atom is 0.340 e. The predicted molar refractivity (Wildman–Crippen MR) is 129 cm³/mol. The Bertz CT molecular complexity index is 1090. The lowest BCUT2D eigenvalue weighted by atomic mass is 10.0. The molecule has 6 heteroatoms. The van der Waals surface area contributed by atoms with Crippen molar-refractivity contribution >= 4 is 28.9 Å². The van der Waals surface area contributed by atoms with Crippen molar-refractivity contribution in [1.82, 2.24) is 5.32 Å². The molecule has 0 aromatic heterocycles. The maximum absolute atomic E-state index is 14.0. The smallest absolute Gasteiger partial charge is 0.340 e. The molecule has 3 aromatic rings. The number of halogens is 2. The quantitative estimate of drug-likeness (QED) is 0.308. The third kappa shape index (κ3) is 5.36. The van der Waals surface area contributed by atoms with Gasteiger partial charge >= 0.3 is 5.97 Å². The van der Waals surface area contributed by atoms with Gasteiger partial charge in [0.25, 0.3) is 0 Å². The third-order valence-corrected chi connectivity index (χ3v) is 5.59. The van der Waals surface area contributed by atoms with Crippen LogP contribution < -0.4 is 10.2 Å². The number of hydrogen-bond donors (Lipinski definition) is 1. The van der Waals surface area contributed by atoms with Gasteiger partial charge in [0.1, 0.15) is 5.82 Å². The van der Waals surface area contributed by atoms with Crippen LogP contribution in [0.2, 0.25) is 5.02 Å². The standard InChI is InChI=1S/C26H26ClFN2O2/c1-4-8-19(29-2)17-30(20-9-6-5-7-10-20)21-12-13-22(24(27)16-21)18-11-14-25(28)23(15-18)26(31)32-3/h4-7,9-16,19,29H,1,8,17H2,2-3H3/t19-/m1/s1. The second-order valence-corrected chi connectivity index (χ2v) is 7.71. The highest BCUT2D eigenvalue weighted by atomic mass is 35.5. The lowest BCUT2D eigenvalue weighted by molar-refractivity contribution is 0.0595. The highest BCUT2D eigenvalue weighted by Crippen LogP contribution is 2.35. The number of likely N-dealkylation sites (N-methyl/N-ethyl adjacent to an activating group) is 1. The summed E-state index contributed by atoms with van der Waals surface area (Å²) >= 11 is 6.66. The van der Waals surface area contributed by atoms with Gasteiger partial charge < -0.3 is 15.0 Å². The van der Waals surface area contributed by atoms with Crippen molar-refractivity contribution in [3.63, 3.8) is 0 Å². The largest absolute Gasteiger partial charge is 0.465 e. The molecule has 0 aliphatic carbocycles. The van der Waals surface area contributed by atoms with Crippen molar-refractivity contribution in [2.75, 3.05) is 25.6 Å². The summed E-state index contributed by atoms with van der Waals surface area (Å²) in [6, 6.07) is 20.3. The minimum Gasteiger partial charge on any atom is -0.465 e. The molecular formula is C26H26ClFN2O2. The number of rotatable bonds is 9. The van der Waals surface area contributed by atoms with Gasteiger partial charge in [-0.15, -0.1) is 6.58 Å². The van der Waals surface area contributed by atoms with Crippen LogP contribution in [0.4, 0.5) is 15.8 Å². The maximum atomic E-state index is 14.0. The zero-order valence-corrected chi connectivity index (χ0v) is 18.9. The molecule has 0 unspecified atom stereocenters. The molecule has 0 fully saturated rings. The molecule has 0 aliphatic heterocycles. The number of nitrogens with one attached hydrogen (secondary N) is 1. The number of carbonyl (C=O) groups excluding carboxylic acids is 1. The molecule has 0 radical (unpaired) electrons. The number of nitrogens with zero attached hydrogens (tertiary/aromatic N) is 1. The fourth-order valence-corrected chi connectivity index (χ4v) is 3.82. The van der Waals surface area contributed by atoms with Gasteiger partial charge in [-0.25, -0.2) is 9.18 Å². The van der Waals surface area contributed by atoms with Crippen molar-refractivity contribution in [1.29, 1.82) is 0 Å². The van der Waals surface area contributed by atoms with Crippen LogP contribution in [0.1, 0.15) is 16.8 Å². The highest BCUT2D eigenvalue weighted by molar-refractivity contribution is 6.33. The van der Waals surface area contributed by atoms with E-state index in [1.807, 2.05) is 61.7 Å². The van der Waals surface area contributed by atoms with Crippen molar-refractivity contribution in [3.05, 3.63) is 95.8 Å². The summed E-state index contributed by atoms with van der Waals surface area (Å²) in [5.41, 5.74) is 3.16. The first-order chi connectivity index (χ1) is 15.5. The SMILES string of the molecule is C=CC[C@H](CN(c1ccccc1)c1ccc(-c2ccc(F)c(C(=O)OC)c2)c(Cl)c1)NC. The van der Waals surface area contributed by atoms with E-state index in [1.54, 1.807) is 6.07 Å². The number of methoxy groups -OCH3 is 1. The Hall–Kier alpha value is -3.15. The van der Waals surface area contributed by atoms with Gasteiger partial charge in [-0.05, 0) is 55.4 Å². The van der Waals surface area contributed by atoms with E-state index >= 15 is 0 Å². The minimum atomic E-state index is -0.729. The first-order valence-electron chi connectivity index (χ1n) is 10.3. The summed E-state index contributed by atoms with van der Waals surface area (Å²) in [5, 5.41) is 3.82. The average Bonchev–Trinajstić information content (AvgIpc) is 2.82. The number of anilines is 2. The second-order valence-electron chi connectivity index (χ2n) is 7.31. The zero-order valence-electron chi connectivity index (χ0n) is 18.1. The molecule has 0 spiro atoms. The van der Waals surface area contributed by atoms with Gasteiger partial charge in [-0.1, -0.05) is 48.0 Å². The van der Waals surface area contributed by atoms with Gasteiger partial charge in [0, 0.05) is 29.5 Å². The molecule has 166 valence electrons. The zero-order chi connectivity index (χ0) is 23.1. The lowest BCUT2D eigenvalue weighted by Crippen LogP contribution is -2.37. The van der Waals surface area contributed by atoms with Crippen molar-refractivity contribution in [3.8, 4) is 11.1 Å². The molecule has 3 rings (SSSR count). The Balaban J connectivity index is 2.00. The predicted octanol–water partition coefficient (Wildman–Crippen LogP) is 6.23. The average molecular weight is 453 g/mol. The Morgan fingerprint density at radius 2 is 1.91 bits per heavy atom. The van der Waals surface area contributed by atoms with Crippen molar-refractivity contribution in [2.45, 2.75) is 12.5 Å². The molecule has 0 bridgehead atoms. The Morgan fingerprint density at radius 1 is 1.16 bits per heavy atom. The normalized spacial score (nSPS) is 11.6. The molecule has 1 N–H and O–H groups in total. The van der Waals surface area contributed by atoms with Crippen LogP contribution in [0.3, 0.4) is 0 Å². The van der Waals surface area contributed by atoms with Crippen LogP contribution in [0.15, 0.2) is 79.4 Å². The van der Waals surface area contributed by atoms with Gasteiger partial charge in [0.05, 0.1) is 17.7 Å². The number of para-hydroxylation sites is 1. The van der Waals surface area contributed by atoms with Gasteiger partial charge in [0.15, 0.2) is 0 Å². The summed E-state index contributed by atoms with van der Waals surface area (Å²) in [6.07, 6.45) is 2.71. The molecular weight excluding hydrogens is 427 g/mol. The molecule has 0 aliphatic rings. The van der Waals surface area contributed by atoms with E-state index in [0.717, 1.165) is 17.8 Å². The Kier molecular flexibility index (Phi) is 8.03. The molecule has 0 saturated heterocycles. The molecule has 1 atom stereocenters. The highest BCUT2D eigenvalue weighted by Gasteiger charge is 2.18. The van der Waals surface area contributed by atoms with Gasteiger partial charge in [0.2, 0.25) is 0 Å². The number of esters is 1. The summed E-state index contributed by atoms with van der Waals surface area (Å²) in [7, 11) is 3.15. The van der Waals surface area contributed by atoms with Crippen LogP contribution in [0.5, 0.6) is 0 Å². The molecule has 0 saturated carbocycles. The number of carbonyl (C=O) groups is 1. The lowest BCUT2D eigenvalue weighted by Gasteiger charge is -2.29. The van der Waals surface area contributed by atoms with E-state index in [4.69, 9.17) is 11.6 Å². The first-order valence-corrected chi connectivity index (χ1v) is 10.6. The number of ether oxygens (including phenoxy) is 1. The van der Waals surface area contributed by atoms with Crippen LogP contribution in [-0.4, -0.2) is 32.7 Å². The van der Waals surface area contributed by atoms with Crippen LogP contribution >= 0.6 is 11.6 Å². The number of hydrogen-bond acceptors (Lipinski definition) is 4. The molecule has 0 heterocycles. The molecule has 3 aromatic carbocycles. The number of benzene rings is 3. The van der Waals surface area contributed by atoms with Crippen LogP contribution in [0, 0.1) is 5.82 Å². The third-order valence-electron chi connectivity index (χ3n) is 5.28. The minimum absolute atomic E-state index is 0.127. The Labute approximate surface area is 193 Å². The van der Waals surface area contributed by atoms with E-state index in [-0.39, 0.29) is 11.6 Å². The molecule has 4 nitrogen and oxygen atoms in total. The van der Waals surface area contributed by atoms with Crippen LogP contribution in [0.25, 0.3) is 11.1 Å². The van der Waals surface area contributed by atoms with Crippen molar-refractivity contribution in [2.24, 2.45) is 0 Å².